The zero-order valence-corrected chi connectivity index (χ0v) is 8.17. The van der Waals surface area contributed by atoms with Gasteiger partial charge in [0.15, 0.2) is 0 Å². The van der Waals surface area contributed by atoms with E-state index in [9.17, 15) is 0 Å². The van der Waals surface area contributed by atoms with Crippen molar-refractivity contribution in [1.29, 1.82) is 0 Å². The molecule has 0 amide bonds. The molecule has 56 valence electrons. The van der Waals surface area contributed by atoms with E-state index in [0.717, 1.165) is 13.2 Å². The Morgan fingerprint density at radius 1 is 1.60 bits per heavy atom. The highest BCUT2D eigenvalue weighted by atomic mass is 127. The first-order valence-corrected chi connectivity index (χ1v) is 5.81. The van der Waals surface area contributed by atoms with Crippen LogP contribution in [0.25, 0.3) is 0 Å². The van der Waals surface area contributed by atoms with Gasteiger partial charge in [0.1, 0.15) is 0 Å². The van der Waals surface area contributed by atoms with Crippen LogP contribution in [0.2, 0.25) is 0 Å². The maximum Gasteiger partial charge on any atom is 0.0717 e. The van der Waals surface area contributed by atoms with Crippen molar-refractivity contribution < 1.29 is 4.74 Å². The van der Waals surface area contributed by atoms with Gasteiger partial charge in [-0.25, -0.2) is 0 Å². The first kappa shape index (κ1) is 8.14. The molecule has 1 aliphatic heterocycles. The van der Waals surface area contributed by atoms with Crippen molar-refractivity contribution in [2.24, 2.45) is 0 Å². The van der Waals surface area contributed by atoms with Gasteiger partial charge in [-0.3, -0.25) is 0 Å². The molecule has 0 saturated carbocycles. The molecule has 1 aliphatic rings. The lowest BCUT2D eigenvalue weighted by atomic mass is 10.3. The number of rotatable bonds is 3. The summed E-state index contributed by atoms with van der Waals surface area (Å²) in [5.74, 6) is 0. The van der Waals surface area contributed by atoms with E-state index in [0.29, 0.717) is 0 Å². The first-order chi connectivity index (χ1) is 4.93. The molecule has 1 heterocycles. The van der Waals surface area contributed by atoms with Crippen LogP contribution < -0.4 is 0 Å². The summed E-state index contributed by atoms with van der Waals surface area (Å²) in [5, 5.41) is 0. The molecule has 0 aromatic carbocycles. The number of hydrogen-bond acceptors (Lipinski definition) is 1. The zero-order valence-electron chi connectivity index (χ0n) is 6.01. The summed E-state index contributed by atoms with van der Waals surface area (Å²) >= 11 is 0.234. The van der Waals surface area contributed by atoms with Crippen molar-refractivity contribution in [3.63, 3.8) is 0 Å². The normalized spacial score (nSPS) is 16.3. The van der Waals surface area contributed by atoms with Gasteiger partial charge in [0.05, 0.1) is 6.61 Å². The summed E-state index contributed by atoms with van der Waals surface area (Å²) < 4.78 is 9.76. The van der Waals surface area contributed by atoms with E-state index in [1.807, 2.05) is 6.92 Å². The summed E-state index contributed by atoms with van der Waals surface area (Å²) in [5.41, 5.74) is 1.30. The Morgan fingerprint density at radius 2 is 2.50 bits per heavy atom. The lowest BCUT2D eigenvalue weighted by molar-refractivity contribution is 0.173. The fourth-order valence-electron chi connectivity index (χ4n) is 0.648. The molecule has 2 heteroatoms. The average Bonchev–Trinajstić information content (AvgIpc) is 2.03. The second-order valence-corrected chi connectivity index (χ2v) is 4.08. The highest BCUT2D eigenvalue weighted by molar-refractivity contribution is 14.2. The molecule has 0 bridgehead atoms. The second kappa shape index (κ2) is 4.79. The van der Waals surface area contributed by atoms with Crippen LogP contribution in [-0.4, -0.2) is 17.2 Å². The number of hydrogen-bond donors (Lipinski definition) is 0. The lowest BCUT2D eigenvalue weighted by Gasteiger charge is -2.01. The molecule has 1 nitrogen and oxygen atoms in total. The van der Waals surface area contributed by atoms with Crippen LogP contribution >= 0.6 is 20.7 Å². The summed E-state index contributed by atoms with van der Waals surface area (Å²) in [6.07, 6.45) is 4.34. The predicted molar refractivity (Wildman–Crippen MR) is 53.8 cm³/mol. The fraction of sp³-hybridized carbons (Fsp3) is 0.375. The molecule has 0 aromatic rings. The van der Waals surface area contributed by atoms with Crippen LogP contribution in [0.15, 0.2) is 21.8 Å². The molecular formula is C8H11IO. The van der Waals surface area contributed by atoms with Crippen molar-refractivity contribution in [2.75, 3.05) is 13.2 Å². The van der Waals surface area contributed by atoms with Gasteiger partial charge in [0.25, 0.3) is 0 Å². The summed E-state index contributed by atoms with van der Waals surface area (Å²) in [4.78, 5) is 0. The fourth-order valence-corrected chi connectivity index (χ4v) is 2.23. The van der Waals surface area contributed by atoms with Crippen molar-refractivity contribution >= 4 is 24.7 Å². The molecule has 0 aliphatic carbocycles. The Morgan fingerprint density at radius 3 is 3.10 bits per heavy atom. The molecule has 0 N–H and O–H groups in total. The summed E-state index contributed by atoms with van der Waals surface area (Å²) in [7, 11) is 0. The lowest BCUT2D eigenvalue weighted by Crippen LogP contribution is -1.96. The third kappa shape index (κ3) is 2.75. The van der Waals surface area contributed by atoms with E-state index in [2.05, 4.69) is 20.2 Å². The Labute approximate surface area is 71.5 Å². The van der Waals surface area contributed by atoms with Gasteiger partial charge in [-0.05, 0) is 20.6 Å². The molecule has 0 unspecified atom stereocenters. The molecule has 0 atom stereocenters. The van der Waals surface area contributed by atoms with Crippen LogP contribution in [0, 0.1) is 0 Å². The smallest absolute Gasteiger partial charge is 0.0717 e. The molecule has 1 rings (SSSR count). The predicted octanol–water partition coefficient (Wildman–Crippen LogP) is 2.25. The topological polar surface area (TPSA) is 9.23 Å². The van der Waals surface area contributed by atoms with E-state index >= 15 is 0 Å². The highest BCUT2D eigenvalue weighted by Gasteiger charge is 1.91. The van der Waals surface area contributed by atoms with Gasteiger partial charge < -0.3 is 4.74 Å². The summed E-state index contributed by atoms with van der Waals surface area (Å²) in [6, 6.07) is 0. The third-order valence-electron chi connectivity index (χ3n) is 1.17. The molecule has 10 heavy (non-hydrogen) atoms. The van der Waals surface area contributed by atoms with Crippen molar-refractivity contribution in [2.45, 2.75) is 6.92 Å². The van der Waals surface area contributed by atoms with Crippen LogP contribution in [-0.2, 0) is 4.74 Å². The van der Waals surface area contributed by atoms with Gasteiger partial charge in [0.2, 0.25) is 0 Å². The van der Waals surface area contributed by atoms with Crippen molar-refractivity contribution in [3.8, 4) is 0 Å². The highest BCUT2D eigenvalue weighted by Crippen LogP contribution is 2.09. The van der Waals surface area contributed by atoms with Gasteiger partial charge in [-0.2, -0.15) is 0 Å². The third-order valence-corrected chi connectivity index (χ3v) is 2.72. The maximum absolute atomic E-state index is 5.25. The van der Waals surface area contributed by atoms with E-state index < -0.39 is 0 Å². The van der Waals surface area contributed by atoms with Gasteiger partial charge in [-0.1, -0.05) is 32.9 Å². The van der Waals surface area contributed by atoms with Crippen LogP contribution in [0.5, 0.6) is 0 Å². The van der Waals surface area contributed by atoms with Gasteiger partial charge in [0, 0.05) is 6.61 Å². The zero-order chi connectivity index (χ0) is 7.23. The minimum Gasteiger partial charge on any atom is -0.377 e. The van der Waals surface area contributed by atoms with Crippen LogP contribution in [0.1, 0.15) is 6.92 Å². The molecule has 0 fully saturated rings. The Kier molecular flexibility index (Phi) is 3.90. The summed E-state index contributed by atoms with van der Waals surface area (Å²) in [6.45, 7) is 3.59. The molecule has 0 spiro atoms. The number of ether oxygens (including phenoxy) is 1. The average molecular weight is 250 g/mol. The van der Waals surface area contributed by atoms with Crippen LogP contribution in [0.4, 0.5) is 0 Å². The van der Waals surface area contributed by atoms with E-state index in [1.54, 1.807) is 0 Å². The number of halogens is 1. The SMILES string of the molecule is CCOCC1=CC=IC=C1. The minimum absolute atomic E-state index is 0.234. The number of allylic oxidation sites excluding steroid dienone is 1. The van der Waals surface area contributed by atoms with Gasteiger partial charge >= 0.3 is 0 Å². The monoisotopic (exact) mass is 250 g/mol. The van der Waals surface area contributed by atoms with E-state index in [-0.39, 0.29) is 20.7 Å². The maximum atomic E-state index is 5.25. The van der Waals surface area contributed by atoms with Crippen molar-refractivity contribution in [1.82, 2.24) is 0 Å². The second-order valence-electron chi connectivity index (χ2n) is 1.92. The Hall–Kier alpha value is 0.0400. The molecule has 0 saturated heterocycles. The molecule has 0 aromatic heterocycles. The van der Waals surface area contributed by atoms with Gasteiger partial charge in [-0.15, -0.1) is 0 Å². The minimum atomic E-state index is 0.234. The molecule has 0 radical (unpaired) electrons. The van der Waals surface area contributed by atoms with Crippen LogP contribution in [0.3, 0.4) is 0 Å². The quantitative estimate of drug-likeness (QED) is 0.698. The largest absolute Gasteiger partial charge is 0.377 e. The first-order valence-electron chi connectivity index (χ1n) is 3.32. The van der Waals surface area contributed by atoms with Crippen molar-refractivity contribution in [3.05, 3.63) is 21.8 Å². The Balaban J connectivity index is 2.35. The molecular weight excluding hydrogens is 239 g/mol. The standard InChI is InChI=1S/C8H11IO/c1-2-10-7-8-3-5-9-6-4-8/h3-6H,2,7H2,1H3. The van der Waals surface area contributed by atoms with E-state index in [1.165, 1.54) is 5.57 Å². The van der Waals surface area contributed by atoms with E-state index in [4.69, 9.17) is 4.74 Å². The Bertz CT molecular complexity index is 180.